The van der Waals surface area contributed by atoms with Gasteiger partial charge >= 0.3 is 0 Å². The second kappa shape index (κ2) is 5.73. The summed E-state index contributed by atoms with van der Waals surface area (Å²) in [7, 11) is 0. The van der Waals surface area contributed by atoms with Gasteiger partial charge < -0.3 is 0 Å². The number of halogens is 6. The van der Waals surface area contributed by atoms with Gasteiger partial charge in [-0.2, -0.15) is 0 Å². The van der Waals surface area contributed by atoms with Crippen LogP contribution >= 0.6 is 39.1 Å². The smallest absolute Gasteiger partial charge is 0.134 e. The third-order valence-corrected chi connectivity index (χ3v) is 3.62. The number of benzene rings is 2. The topological polar surface area (TPSA) is 0 Å². The molecular weight excluding hydrogens is 364 g/mol. The van der Waals surface area contributed by atoms with Crippen molar-refractivity contribution in [1.29, 1.82) is 0 Å². The molecule has 100 valence electrons. The Morgan fingerprint density at radius 2 is 1.53 bits per heavy atom. The van der Waals surface area contributed by atoms with E-state index in [-0.39, 0.29) is 0 Å². The van der Waals surface area contributed by atoms with Gasteiger partial charge in [0.05, 0.1) is 5.38 Å². The van der Waals surface area contributed by atoms with E-state index in [2.05, 4.69) is 15.9 Å². The zero-order valence-electron chi connectivity index (χ0n) is 9.23. The lowest BCUT2D eigenvalue weighted by Crippen LogP contribution is -2.02. The van der Waals surface area contributed by atoms with Crippen LogP contribution in [0.5, 0.6) is 0 Å². The molecule has 0 aliphatic heterocycles. The Balaban J connectivity index is 2.52. The van der Waals surface area contributed by atoms with Crippen molar-refractivity contribution in [1.82, 2.24) is 0 Å². The molecule has 2 aromatic rings. The maximum atomic E-state index is 13.6. The summed E-state index contributed by atoms with van der Waals surface area (Å²) >= 11 is 15.1. The molecule has 2 aromatic carbocycles. The largest absolute Gasteiger partial charge is 0.207 e. The molecule has 19 heavy (non-hydrogen) atoms. The van der Waals surface area contributed by atoms with Crippen molar-refractivity contribution in [3.05, 3.63) is 68.4 Å². The van der Waals surface area contributed by atoms with E-state index >= 15 is 0 Å². The van der Waals surface area contributed by atoms with Crippen LogP contribution < -0.4 is 0 Å². The number of hydrogen-bond acceptors (Lipinski definition) is 0. The average Bonchev–Trinajstić information content (AvgIpc) is 2.25. The quantitative estimate of drug-likeness (QED) is 0.582. The van der Waals surface area contributed by atoms with E-state index in [1.807, 2.05) is 0 Å². The van der Waals surface area contributed by atoms with E-state index in [1.54, 1.807) is 12.1 Å². The molecule has 0 saturated carbocycles. The molecule has 0 bridgehead atoms. The minimum absolute atomic E-state index is 0.373. The molecule has 0 aliphatic carbocycles. The lowest BCUT2D eigenvalue weighted by Gasteiger charge is -2.13. The van der Waals surface area contributed by atoms with Crippen molar-refractivity contribution in [2.75, 3.05) is 0 Å². The summed E-state index contributed by atoms with van der Waals surface area (Å²) in [4.78, 5) is 0. The van der Waals surface area contributed by atoms with E-state index in [0.717, 1.165) is 0 Å². The molecule has 1 unspecified atom stereocenters. The first kappa shape index (κ1) is 14.7. The van der Waals surface area contributed by atoms with Gasteiger partial charge in [0.2, 0.25) is 0 Å². The van der Waals surface area contributed by atoms with Gasteiger partial charge in [-0.3, -0.25) is 0 Å². The van der Waals surface area contributed by atoms with Crippen LogP contribution in [0.1, 0.15) is 16.5 Å². The average molecular weight is 370 g/mol. The Bertz CT molecular complexity index is 588. The normalized spacial score (nSPS) is 12.5. The van der Waals surface area contributed by atoms with Gasteiger partial charge in [0.25, 0.3) is 0 Å². The second-order valence-electron chi connectivity index (χ2n) is 3.85. The monoisotopic (exact) mass is 368 g/mol. The van der Waals surface area contributed by atoms with Crippen molar-refractivity contribution in [3.63, 3.8) is 0 Å². The van der Waals surface area contributed by atoms with E-state index in [4.69, 9.17) is 23.2 Å². The highest BCUT2D eigenvalue weighted by atomic mass is 79.9. The van der Waals surface area contributed by atoms with Crippen LogP contribution in [0.4, 0.5) is 13.2 Å². The van der Waals surface area contributed by atoms with Gasteiger partial charge in [0.15, 0.2) is 0 Å². The van der Waals surface area contributed by atoms with Crippen molar-refractivity contribution < 1.29 is 13.2 Å². The molecule has 0 nitrogen and oxygen atoms in total. The Kier molecular flexibility index (Phi) is 4.43. The molecule has 0 radical (unpaired) electrons. The fraction of sp³-hybridized carbons (Fsp3) is 0.0769. The zero-order chi connectivity index (χ0) is 14.2. The first-order valence-electron chi connectivity index (χ1n) is 5.13. The molecule has 2 rings (SSSR count). The first-order chi connectivity index (χ1) is 8.88. The van der Waals surface area contributed by atoms with E-state index < -0.39 is 28.4 Å². The van der Waals surface area contributed by atoms with Crippen LogP contribution in [-0.4, -0.2) is 0 Å². The number of alkyl halides is 1. The zero-order valence-corrected chi connectivity index (χ0v) is 12.3. The lowest BCUT2D eigenvalue weighted by atomic mass is 10.0. The minimum atomic E-state index is -1.10. The van der Waals surface area contributed by atoms with Gasteiger partial charge in [-0.25, -0.2) is 13.2 Å². The highest BCUT2D eigenvalue weighted by Gasteiger charge is 2.21. The Hall–Kier alpha value is -0.710. The van der Waals surface area contributed by atoms with Crippen LogP contribution in [-0.2, 0) is 0 Å². The maximum Gasteiger partial charge on any atom is 0.134 e. The standard InChI is InChI=1S/C13H6BrCl2F3/c14-7-1-6(2-8(15)3-7)13(16)12-10(18)4-9(17)5-11(12)19/h1-5,13H. The van der Waals surface area contributed by atoms with E-state index in [1.165, 1.54) is 6.07 Å². The second-order valence-corrected chi connectivity index (χ2v) is 5.64. The predicted molar refractivity (Wildman–Crippen MR) is 73.2 cm³/mol. The molecule has 0 aliphatic rings. The molecule has 0 fully saturated rings. The number of hydrogen-bond donors (Lipinski definition) is 0. The van der Waals surface area contributed by atoms with Crippen LogP contribution in [0.2, 0.25) is 5.02 Å². The SMILES string of the molecule is Fc1cc(F)c(C(Cl)c2cc(Cl)cc(Br)c2)c(F)c1. The summed E-state index contributed by atoms with van der Waals surface area (Å²) in [6.45, 7) is 0. The molecule has 0 spiro atoms. The van der Waals surface area contributed by atoms with Crippen molar-refractivity contribution in [2.45, 2.75) is 5.38 Å². The third-order valence-electron chi connectivity index (χ3n) is 2.47. The molecule has 0 saturated heterocycles. The van der Waals surface area contributed by atoms with Gasteiger partial charge in [-0.1, -0.05) is 27.5 Å². The van der Waals surface area contributed by atoms with Crippen LogP contribution in [0.15, 0.2) is 34.8 Å². The van der Waals surface area contributed by atoms with Crippen molar-refractivity contribution in [2.24, 2.45) is 0 Å². The Labute approximate surface area is 126 Å². The molecule has 0 aromatic heterocycles. The maximum absolute atomic E-state index is 13.6. The molecular formula is C13H6BrCl2F3. The summed E-state index contributed by atoms with van der Waals surface area (Å²) < 4.78 is 40.8. The Morgan fingerprint density at radius 1 is 0.947 bits per heavy atom. The van der Waals surface area contributed by atoms with E-state index in [9.17, 15) is 13.2 Å². The van der Waals surface area contributed by atoms with Crippen molar-refractivity contribution in [3.8, 4) is 0 Å². The predicted octanol–water partition coefficient (Wildman–Crippen LogP) is 5.85. The summed E-state index contributed by atoms with van der Waals surface area (Å²) in [6, 6.07) is 5.88. The molecule has 6 heteroatoms. The minimum Gasteiger partial charge on any atom is -0.207 e. The van der Waals surface area contributed by atoms with Gasteiger partial charge in [-0.15, -0.1) is 11.6 Å². The fourth-order valence-electron chi connectivity index (χ4n) is 1.68. The highest BCUT2D eigenvalue weighted by Crippen LogP contribution is 2.35. The summed E-state index contributed by atoms with van der Waals surface area (Å²) in [5.74, 6) is -3.06. The third kappa shape index (κ3) is 3.25. The summed E-state index contributed by atoms with van der Waals surface area (Å²) in [5, 5.41) is -0.728. The molecule has 0 N–H and O–H groups in total. The summed E-state index contributed by atoms with van der Waals surface area (Å²) in [6.07, 6.45) is 0. The van der Waals surface area contributed by atoms with Gasteiger partial charge in [0.1, 0.15) is 17.5 Å². The van der Waals surface area contributed by atoms with Crippen LogP contribution in [0, 0.1) is 17.5 Å². The molecule has 0 amide bonds. The molecule has 0 heterocycles. The van der Waals surface area contributed by atoms with E-state index in [0.29, 0.717) is 27.2 Å². The highest BCUT2D eigenvalue weighted by molar-refractivity contribution is 9.10. The van der Waals surface area contributed by atoms with Crippen LogP contribution in [0.3, 0.4) is 0 Å². The van der Waals surface area contributed by atoms with Crippen LogP contribution in [0.25, 0.3) is 0 Å². The number of rotatable bonds is 2. The Morgan fingerprint density at radius 3 is 2.05 bits per heavy atom. The lowest BCUT2D eigenvalue weighted by molar-refractivity contribution is 0.526. The fourth-order valence-corrected chi connectivity index (χ4v) is 2.90. The summed E-state index contributed by atoms with van der Waals surface area (Å²) in [5.41, 5.74) is 0.00248. The first-order valence-corrected chi connectivity index (χ1v) is 6.73. The van der Waals surface area contributed by atoms with Gasteiger partial charge in [0, 0.05) is 27.2 Å². The van der Waals surface area contributed by atoms with Crippen molar-refractivity contribution >= 4 is 39.1 Å². The van der Waals surface area contributed by atoms with Gasteiger partial charge in [-0.05, 0) is 23.8 Å². The molecule has 1 atom stereocenters.